The van der Waals surface area contributed by atoms with Crippen LogP contribution in [0, 0.1) is 5.92 Å². The van der Waals surface area contributed by atoms with E-state index in [2.05, 4.69) is 10.3 Å². The van der Waals surface area contributed by atoms with Crippen molar-refractivity contribution in [2.24, 2.45) is 10.9 Å². The summed E-state index contributed by atoms with van der Waals surface area (Å²) in [7, 11) is 3.48. The third kappa shape index (κ3) is 4.06. The molecule has 1 amide bonds. The monoisotopic (exact) mass is 419 g/mol. The number of nitrogens with one attached hydrogen (secondary N) is 1. The second-order valence-electron chi connectivity index (χ2n) is 7.75. The number of hydrogen-bond acceptors (Lipinski definition) is 11. The Morgan fingerprint density at radius 2 is 1.86 bits per heavy atom. The summed E-state index contributed by atoms with van der Waals surface area (Å²) in [5.74, 6) is -1.15. The molecule has 0 spiro atoms. The summed E-state index contributed by atoms with van der Waals surface area (Å²) < 4.78 is 17.2. The van der Waals surface area contributed by atoms with Gasteiger partial charge in [-0.05, 0) is 0 Å². The number of aliphatic hydroxyl groups excluding tert-OH is 5. The highest BCUT2D eigenvalue weighted by molar-refractivity contribution is 5.75. The number of ether oxygens (including phenoxy) is 3. The van der Waals surface area contributed by atoms with Crippen LogP contribution in [-0.2, 0) is 19.0 Å². The zero-order valence-electron chi connectivity index (χ0n) is 16.5. The van der Waals surface area contributed by atoms with Crippen molar-refractivity contribution < 1.29 is 44.5 Å². The molecular formula is C17H29N3O9. The van der Waals surface area contributed by atoms with Gasteiger partial charge in [0.2, 0.25) is 5.91 Å². The van der Waals surface area contributed by atoms with Crippen molar-refractivity contribution in [3.05, 3.63) is 0 Å². The summed E-state index contributed by atoms with van der Waals surface area (Å²) in [5, 5.41) is 53.0. The molecule has 1 aliphatic carbocycles. The number of aliphatic imine (C=N–C) groups is 1. The SMILES string of the molecule is CC(=O)N[C@H]1[C@H](O[C@H]2[C@H](O)[C@H]3N=C(N(C)C)O[C@H]3[C@@H]2CO)O[C@H](CO)[C@@H](O)[C@H]1O. The average Bonchev–Trinajstić information content (AvgIpc) is 3.20. The molecule has 0 aromatic heterocycles. The van der Waals surface area contributed by atoms with Gasteiger partial charge in [0.15, 0.2) is 6.29 Å². The fourth-order valence-electron chi connectivity index (χ4n) is 4.02. The van der Waals surface area contributed by atoms with Gasteiger partial charge in [-0.25, -0.2) is 4.99 Å². The summed E-state index contributed by atoms with van der Waals surface area (Å²) in [6.45, 7) is 0.266. The minimum Gasteiger partial charge on any atom is -0.459 e. The smallest absolute Gasteiger partial charge is 0.287 e. The first-order valence-electron chi connectivity index (χ1n) is 9.45. The molecule has 0 radical (unpaired) electrons. The van der Waals surface area contributed by atoms with E-state index in [-0.39, 0.29) is 6.61 Å². The predicted octanol–water partition coefficient (Wildman–Crippen LogP) is -4.02. The van der Waals surface area contributed by atoms with Gasteiger partial charge in [0.25, 0.3) is 6.02 Å². The number of carbonyl (C=O) groups excluding carboxylic acids is 1. The van der Waals surface area contributed by atoms with E-state index in [1.807, 2.05) is 0 Å². The lowest BCUT2D eigenvalue weighted by molar-refractivity contribution is -0.292. The number of fused-ring (bicyclic) bond motifs is 1. The van der Waals surface area contributed by atoms with Gasteiger partial charge in [-0.3, -0.25) is 4.79 Å². The zero-order valence-corrected chi connectivity index (χ0v) is 16.5. The Bertz CT molecular complexity index is 633. The second-order valence-corrected chi connectivity index (χ2v) is 7.75. The van der Waals surface area contributed by atoms with Gasteiger partial charge in [-0.1, -0.05) is 0 Å². The molecule has 2 heterocycles. The van der Waals surface area contributed by atoms with Crippen LogP contribution >= 0.6 is 0 Å². The number of aliphatic hydroxyl groups is 5. The van der Waals surface area contributed by atoms with Gasteiger partial charge in [-0.15, -0.1) is 0 Å². The normalized spacial score (nSPS) is 44.1. The highest BCUT2D eigenvalue weighted by Gasteiger charge is 2.57. The van der Waals surface area contributed by atoms with E-state index in [1.165, 1.54) is 6.92 Å². The van der Waals surface area contributed by atoms with E-state index in [0.717, 1.165) is 0 Å². The fourth-order valence-corrected chi connectivity index (χ4v) is 4.02. The first-order valence-corrected chi connectivity index (χ1v) is 9.45. The van der Waals surface area contributed by atoms with Crippen LogP contribution in [-0.4, -0.2) is 125 Å². The summed E-state index contributed by atoms with van der Waals surface area (Å²) in [6, 6.07) is -1.49. The molecule has 0 bridgehead atoms. The Balaban J connectivity index is 1.81. The quantitative estimate of drug-likeness (QED) is 0.258. The number of amides is 1. The minimum absolute atomic E-state index is 0.333. The van der Waals surface area contributed by atoms with Crippen molar-refractivity contribution in [2.45, 2.75) is 61.9 Å². The Morgan fingerprint density at radius 3 is 2.41 bits per heavy atom. The van der Waals surface area contributed by atoms with Crippen LogP contribution in [0.2, 0.25) is 0 Å². The number of hydrogen-bond donors (Lipinski definition) is 6. The molecule has 3 aliphatic rings. The van der Waals surface area contributed by atoms with Crippen molar-refractivity contribution in [3.63, 3.8) is 0 Å². The van der Waals surface area contributed by atoms with Gasteiger partial charge in [-0.2, -0.15) is 0 Å². The molecule has 3 rings (SSSR count). The Hall–Kier alpha value is -1.54. The van der Waals surface area contributed by atoms with Crippen molar-refractivity contribution in [1.29, 1.82) is 0 Å². The highest BCUT2D eigenvalue weighted by Crippen LogP contribution is 2.39. The topological polar surface area (TPSA) is 174 Å². The molecule has 1 saturated heterocycles. The molecule has 12 nitrogen and oxygen atoms in total. The zero-order chi connectivity index (χ0) is 21.5. The largest absolute Gasteiger partial charge is 0.459 e. The first kappa shape index (κ1) is 22.2. The van der Waals surface area contributed by atoms with Gasteiger partial charge in [0, 0.05) is 21.0 Å². The molecule has 10 atom stereocenters. The second kappa shape index (κ2) is 8.68. The third-order valence-corrected chi connectivity index (χ3v) is 5.50. The molecule has 29 heavy (non-hydrogen) atoms. The molecule has 2 fully saturated rings. The molecule has 6 N–H and O–H groups in total. The average molecular weight is 419 g/mol. The number of amidine groups is 1. The number of rotatable bonds is 5. The van der Waals surface area contributed by atoms with E-state index in [1.54, 1.807) is 19.0 Å². The summed E-state index contributed by atoms with van der Waals surface area (Å²) in [6.07, 6.45) is -8.12. The lowest BCUT2D eigenvalue weighted by Crippen LogP contribution is -2.65. The summed E-state index contributed by atoms with van der Waals surface area (Å²) in [4.78, 5) is 17.5. The lowest BCUT2D eigenvalue weighted by atomic mass is 9.96. The van der Waals surface area contributed by atoms with Crippen LogP contribution in [0.3, 0.4) is 0 Å². The molecule has 166 valence electrons. The molecule has 0 aromatic rings. The lowest BCUT2D eigenvalue weighted by Gasteiger charge is -2.43. The van der Waals surface area contributed by atoms with Crippen LogP contribution in [0.25, 0.3) is 0 Å². The predicted molar refractivity (Wildman–Crippen MR) is 96.6 cm³/mol. The van der Waals surface area contributed by atoms with E-state index in [9.17, 15) is 30.3 Å². The molecule has 0 unspecified atom stereocenters. The van der Waals surface area contributed by atoms with Gasteiger partial charge >= 0.3 is 0 Å². The van der Waals surface area contributed by atoms with Gasteiger partial charge in [0.05, 0.1) is 25.2 Å². The van der Waals surface area contributed by atoms with Crippen LogP contribution in [0.5, 0.6) is 0 Å². The maximum atomic E-state index is 11.5. The summed E-state index contributed by atoms with van der Waals surface area (Å²) >= 11 is 0. The molecule has 1 saturated carbocycles. The van der Waals surface area contributed by atoms with Gasteiger partial charge < -0.3 is 50.0 Å². The van der Waals surface area contributed by atoms with Crippen LogP contribution in [0.1, 0.15) is 6.92 Å². The number of carbonyl (C=O) groups is 1. The van der Waals surface area contributed by atoms with Crippen molar-refractivity contribution >= 4 is 11.9 Å². The van der Waals surface area contributed by atoms with Crippen LogP contribution < -0.4 is 5.32 Å². The van der Waals surface area contributed by atoms with Crippen molar-refractivity contribution in [1.82, 2.24) is 10.2 Å². The maximum absolute atomic E-state index is 11.5. The van der Waals surface area contributed by atoms with E-state index >= 15 is 0 Å². The molecule has 2 aliphatic heterocycles. The van der Waals surface area contributed by atoms with Crippen LogP contribution in [0.15, 0.2) is 4.99 Å². The van der Waals surface area contributed by atoms with E-state index in [4.69, 9.17) is 14.2 Å². The van der Waals surface area contributed by atoms with Crippen LogP contribution in [0.4, 0.5) is 0 Å². The van der Waals surface area contributed by atoms with Crippen molar-refractivity contribution in [2.75, 3.05) is 27.3 Å². The Labute approximate surface area is 167 Å². The molecular weight excluding hydrogens is 390 g/mol. The molecule has 12 heteroatoms. The third-order valence-electron chi connectivity index (χ3n) is 5.50. The standard InChI is InChI=1S/C17H29N3O9/c1-6(23)18-10-12(25)11(24)8(5-22)27-16(10)28-15-7(4-21)14-9(13(15)26)19-17(29-14)20(2)3/h7-16,21-22,24-26H,4-5H2,1-3H3,(H,18,23)/t7-,8+,9+,10+,11+,12-,13+,14-,15+,16-/m0/s1. The highest BCUT2D eigenvalue weighted by atomic mass is 16.7. The maximum Gasteiger partial charge on any atom is 0.287 e. The molecule has 0 aromatic carbocycles. The fraction of sp³-hybridized carbons (Fsp3) is 0.882. The minimum atomic E-state index is -1.48. The summed E-state index contributed by atoms with van der Waals surface area (Å²) in [5.41, 5.74) is 0. The number of nitrogens with zero attached hydrogens (tertiary/aromatic N) is 2. The van der Waals surface area contributed by atoms with E-state index in [0.29, 0.717) is 6.02 Å². The van der Waals surface area contributed by atoms with Crippen molar-refractivity contribution in [3.8, 4) is 0 Å². The van der Waals surface area contributed by atoms with Gasteiger partial charge in [0.1, 0.15) is 42.6 Å². The first-order chi connectivity index (χ1) is 13.7. The Kier molecular flexibility index (Phi) is 6.63. The van der Waals surface area contributed by atoms with E-state index < -0.39 is 73.4 Å². The Morgan fingerprint density at radius 1 is 1.17 bits per heavy atom.